The summed E-state index contributed by atoms with van der Waals surface area (Å²) in [5.41, 5.74) is 0. The van der Waals surface area contributed by atoms with Crippen LogP contribution in [0.1, 0.15) is 38.9 Å². The van der Waals surface area contributed by atoms with Gasteiger partial charge >= 0.3 is 0 Å². The molecule has 1 aliphatic rings. The first kappa shape index (κ1) is 17.0. The molecule has 0 aromatic carbocycles. The second-order valence-electron chi connectivity index (χ2n) is 5.94. The quantitative estimate of drug-likeness (QED) is 0.836. The number of hydrogen-bond acceptors (Lipinski definition) is 5. The Balaban J connectivity index is 1.97. The van der Waals surface area contributed by atoms with Crippen LogP contribution in [-0.4, -0.2) is 59.6 Å². The molecule has 0 aliphatic carbocycles. The highest BCUT2D eigenvalue weighted by molar-refractivity contribution is 5.94. The summed E-state index contributed by atoms with van der Waals surface area (Å²) < 4.78 is 5.02. The third-order valence-corrected chi connectivity index (χ3v) is 4.31. The average Bonchev–Trinajstić information content (AvgIpc) is 2.93. The van der Waals surface area contributed by atoms with Crippen molar-refractivity contribution in [3.63, 3.8) is 0 Å². The molecule has 1 saturated heterocycles. The number of rotatable bonds is 7. The number of carbonyl (C=O) groups excluding carboxylic acids is 1. The number of carbonyl (C=O) groups is 1. The van der Waals surface area contributed by atoms with Crippen molar-refractivity contribution in [1.29, 1.82) is 0 Å². The molecule has 1 fully saturated rings. The first-order valence-corrected chi connectivity index (χ1v) is 8.34. The van der Waals surface area contributed by atoms with Gasteiger partial charge < -0.3 is 14.7 Å². The maximum absolute atomic E-state index is 12.6. The fourth-order valence-corrected chi connectivity index (χ4v) is 2.90. The Labute approximate surface area is 132 Å². The van der Waals surface area contributed by atoms with Crippen molar-refractivity contribution in [3.8, 4) is 0 Å². The molecular weight excluding hydrogens is 280 g/mol. The number of nitrogens with one attached hydrogen (secondary N) is 1. The number of likely N-dealkylation sites (N-methyl/N-ethyl adjacent to an activating group) is 1. The molecule has 1 aliphatic heterocycles. The summed E-state index contributed by atoms with van der Waals surface area (Å²) in [6, 6.07) is 1.68. The van der Waals surface area contributed by atoms with Gasteiger partial charge in [0.05, 0.1) is 6.04 Å². The van der Waals surface area contributed by atoms with E-state index < -0.39 is 0 Å². The van der Waals surface area contributed by atoms with Gasteiger partial charge in [-0.2, -0.15) is 0 Å². The van der Waals surface area contributed by atoms with Crippen molar-refractivity contribution in [2.45, 2.75) is 46.1 Å². The minimum Gasteiger partial charge on any atom is -0.360 e. The Kier molecular flexibility index (Phi) is 6.39. The van der Waals surface area contributed by atoms with E-state index in [-0.39, 0.29) is 11.9 Å². The zero-order valence-corrected chi connectivity index (χ0v) is 14.0. The minimum atomic E-state index is -0.0732. The van der Waals surface area contributed by atoms with E-state index in [1.54, 1.807) is 6.07 Å². The van der Waals surface area contributed by atoms with E-state index in [2.05, 4.69) is 34.1 Å². The van der Waals surface area contributed by atoms with Crippen LogP contribution in [0.25, 0.3) is 0 Å². The van der Waals surface area contributed by atoms with Crippen LogP contribution in [0.4, 0.5) is 5.82 Å². The van der Waals surface area contributed by atoms with E-state index in [4.69, 9.17) is 4.52 Å². The Morgan fingerprint density at radius 2 is 2.09 bits per heavy atom. The Morgan fingerprint density at radius 1 is 1.36 bits per heavy atom. The van der Waals surface area contributed by atoms with Crippen LogP contribution in [0.3, 0.4) is 0 Å². The van der Waals surface area contributed by atoms with E-state index in [0.717, 1.165) is 52.0 Å². The molecular formula is C16H28N4O2. The molecule has 2 rings (SSSR count). The third-order valence-electron chi connectivity index (χ3n) is 4.31. The van der Waals surface area contributed by atoms with Crippen molar-refractivity contribution in [2.24, 2.45) is 0 Å². The van der Waals surface area contributed by atoms with Crippen molar-refractivity contribution >= 4 is 11.7 Å². The van der Waals surface area contributed by atoms with Crippen molar-refractivity contribution < 1.29 is 9.32 Å². The SMILES string of the molecule is CCCCC(C(=O)Nc1cc(C)on1)N1CCN(CC)CC1. The van der Waals surface area contributed by atoms with Gasteiger partial charge in [-0.05, 0) is 19.9 Å². The summed E-state index contributed by atoms with van der Waals surface area (Å²) in [4.78, 5) is 17.4. The van der Waals surface area contributed by atoms with Crippen LogP contribution in [0.5, 0.6) is 0 Å². The highest BCUT2D eigenvalue weighted by Crippen LogP contribution is 2.15. The predicted molar refractivity (Wildman–Crippen MR) is 86.9 cm³/mol. The number of amides is 1. The Hall–Kier alpha value is -1.40. The first-order chi connectivity index (χ1) is 10.6. The standard InChI is InChI=1S/C16H28N4O2/c1-4-6-7-14(20-10-8-19(5-2)9-11-20)16(21)17-15-12-13(3)22-18-15/h12,14H,4-11H2,1-3H3,(H,17,18,21). The molecule has 1 aromatic heterocycles. The second kappa shape index (κ2) is 8.29. The maximum Gasteiger partial charge on any atom is 0.242 e. The predicted octanol–water partition coefficient (Wildman–Crippen LogP) is 2.12. The van der Waals surface area contributed by atoms with Gasteiger partial charge in [-0.1, -0.05) is 31.8 Å². The van der Waals surface area contributed by atoms with Crippen LogP contribution < -0.4 is 5.32 Å². The van der Waals surface area contributed by atoms with Gasteiger partial charge in [0.1, 0.15) is 5.76 Å². The summed E-state index contributed by atoms with van der Waals surface area (Å²) in [6.07, 6.45) is 3.05. The summed E-state index contributed by atoms with van der Waals surface area (Å²) in [7, 11) is 0. The lowest BCUT2D eigenvalue weighted by molar-refractivity contribution is -0.122. The normalized spacial score (nSPS) is 18.3. The number of aromatic nitrogens is 1. The fraction of sp³-hybridized carbons (Fsp3) is 0.750. The molecule has 0 saturated carbocycles. The summed E-state index contributed by atoms with van der Waals surface area (Å²) >= 11 is 0. The van der Waals surface area contributed by atoms with Crippen LogP contribution in [-0.2, 0) is 4.79 Å². The largest absolute Gasteiger partial charge is 0.360 e. The first-order valence-electron chi connectivity index (χ1n) is 8.34. The lowest BCUT2D eigenvalue weighted by Crippen LogP contribution is -2.53. The van der Waals surface area contributed by atoms with E-state index in [0.29, 0.717) is 11.6 Å². The Bertz CT molecular complexity index is 466. The van der Waals surface area contributed by atoms with Crippen LogP contribution >= 0.6 is 0 Å². The number of aryl methyl sites for hydroxylation is 1. The molecule has 22 heavy (non-hydrogen) atoms. The number of unbranched alkanes of at least 4 members (excludes halogenated alkanes) is 1. The molecule has 0 radical (unpaired) electrons. The zero-order valence-electron chi connectivity index (χ0n) is 14.0. The number of hydrogen-bond donors (Lipinski definition) is 1. The molecule has 6 nitrogen and oxygen atoms in total. The maximum atomic E-state index is 12.6. The van der Waals surface area contributed by atoms with Gasteiger partial charge in [0, 0.05) is 32.2 Å². The highest BCUT2D eigenvalue weighted by atomic mass is 16.5. The molecule has 1 atom stereocenters. The van der Waals surface area contributed by atoms with Crippen LogP contribution in [0, 0.1) is 6.92 Å². The van der Waals surface area contributed by atoms with Gasteiger partial charge in [0.25, 0.3) is 0 Å². The lowest BCUT2D eigenvalue weighted by atomic mass is 10.1. The zero-order chi connectivity index (χ0) is 15.9. The number of nitrogens with zero attached hydrogens (tertiary/aromatic N) is 3. The molecule has 1 N–H and O–H groups in total. The van der Waals surface area contributed by atoms with Gasteiger partial charge in [-0.3, -0.25) is 9.69 Å². The van der Waals surface area contributed by atoms with E-state index in [1.165, 1.54) is 0 Å². The van der Waals surface area contributed by atoms with Gasteiger partial charge in [0.15, 0.2) is 5.82 Å². The third kappa shape index (κ3) is 4.55. The molecule has 1 amide bonds. The topological polar surface area (TPSA) is 61.6 Å². The molecule has 1 unspecified atom stereocenters. The smallest absolute Gasteiger partial charge is 0.242 e. The lowest BCUT2D eigenvalue weighted by Gasteiger charge is -2.38. The van der Waals surface area contributed by atoms with Crippen molar-refractivity contribution in [2.75, 3.05) is 38.0 Å². The number of anilines is 1. The molecule has 6 heteroatoms. The fourth-order valence-electron chi connectivity index (χ4n) is 2.90. The summed E-state index contributed by atoms with van der Waals surface area (Å²) in [6.45, 7) is 11.2. The van der Waals surface area contributed by atoms with Crippen molar-refractivity contribution in [3.05, 3.63) is 11.8 Å². The van der Waals surface area contributed by atoms with Gasteiger partial charge in [0.2, 0.25) is 5.91 Å². The molecule has 124 valence electrons. The van der Waals surface area contributed by atoms with E-state index in [9.17, 15) is 4.79 Å². The minimum absolute atomic E-state index is 0.0340. The summed E-state index contributed by atoms with van der Waals surface area (Å²) in [5, 5.41) is 6.75. The summed E-state index contributed by atoms with van der Waals surface area (Å²) in [5.74, 6) is 1.25. The average molecular weight is 308 g/mol. The van der Waals surface area contributed by atoms with E-state index in [1.807, 2.05) is 6.92 Å². The van der Waals surface area contributed by atoms with Crippen LogP contribution in [0.2, 0.25) is 0 Å². The van der Waals surface area contributed by atoms with E-state index >= 15 is 0 Å². The number of piperazine rings is 1. The van der Waals surface area contributed by atoms with Crippen molar-refractivity contribution in [1.82, 2.24) is 15.0 Å². The molecule has 0 spiro atoms. The second-order valence-corrected chi connectivity index (χ2v) is 5.94. The molecule has 2 heterocycles. The molecule has 1 aromatic rings. The van der Waals surface area contributed by atoms with Crippen LogP contribution in [0.15, 0.2) is 10.6 Å². The van der Waals surface area contributed by atoms with Gasteiger partial charge in [-0.25, -0.2) is 0 Å². The Morgan fingerprint density at radius 3 is 2.64 bits per heavy atom. The van der Waals surface area contributed by atoms with Gasteiger partial charge in [-0.15, -0.1) is 0 Å². The highest BCUT2D eigenvalue weighted by Gasteiger charge is 2.28. The molecule has 0 bridgehead atoms. The monoisotopic (exact) mass is 308 g/mol.